The molecule has 3 unspecified atom stereocenters. The summed E-state index contributed by atoms with van der Waals surface area (Å²) in [5, 5.41) is 0. The molecular formula is C19H32N2. The maximum atomic E-state index is 6.45. The number of hydrogen-bond acceptors (Lipinski definition) is 1. The van der Waals surface area contributed by atoms with Crippen LogP contribution in [0.25, 0.3) is 0 Å². The van der Waals surface area contributed by atoms with Crippen molar-refractivity contribution in [3.63, 3.8) is 0 Å². The van der Waals surface area contributed by atoms with Crippen molar-refractivity contribution in [3.8, 4) is 0 Å². The second-order valence-electron chi connectivity index (χ2n) is 8.59. The summed E-state index contributed by atoms with van der Waals surface area (Å²) in [7, 11) is 0. The van der Waals surface area contributed by atoms with Crippen LogP contribution in [0.15, 0.2) is 6.07 Å². The Balaban J connectivity index is 1.86. The molecule has 0 saturated heterocycles. The number of nitrogens with zero attached hydrogens (tertiary/aromatic N) is 1. The van der Waals surface area contributed by atoms with Gasteiger partial charge in [-0.1, -0.05) is 33.6 Å². The molecule has 3 rings (SSSR count). The van der Waals surface area contributed by atoms with E-state index < -0.39 is 0 Å². The molecule has 2 aliphatic rings. The lowest BCUT2D eigenvalue weighted by atomic mass is 9.74. The lowest BCUT2D eigenvalue weighted by Crippen LogP contribution is -2.31. The van der Waals surface area contributed by atoms with Gasteiger partial charge in [-0.15, -0.1) is 0 Å². The van der Waals surface area contributed by atoms with E-state index in [0.29, 0.717) is 5.41 Å². The Labute approximate surface area is 130 Å². The summed E-state index contributed by atoms with van der Waals surface area (Å²) in [5.74, 6) is 1.78. The fraction of sp³-hybridized carbons (Fsp3) is 0.789. The first-order chi connectivity index (χ1) is 9.85. The number of aryl methyl sites for hydroxylation is 1. The number of rotatable bonds is 2. The summed E-state index contributed by atoms with van der Waals surface area (Å²) in [6.45, 7) is 10.6. The highest BCUT2D eigenvalue weighted by Gasteiger charge is 2.33. The first kappa shape index (κ1) is 15.1. The maximum Gasteiger partial charge on any atom is 0.0318 e. The Hall–Kier alpha value is -0.760. The number of fused-ring (bicyclic) bond motifs is 1. The van der Waals surface area contributed by atoms with Crippen LogP contribution in [0.1, 0.15) is 75.9 Å². The van der Waals surface area contributed by atoms with Gasteiger partial charge in [0.05, 0.1) is 0 Å². The highest BCUT2D eigenvalue weighted by atomic mass is 15.0. The molecule has 0 aliphatic heterocycles. The summed E-state index contributed by atoms with van der Waals surface area (Å²) in [5.41, 5.74) is 11.2. The van der Waals surface area contributed by atoms with E-state index in [9.17, 15) is 0 Å². The van der Waals surface area contributed by atoms with Crippen LogP contribution >= 0.6 is 0 Å². The van der Waals surface area contributed by atoms with Crippen molar-refractivity contribution in [3.05, 3.63) is 23.0 Å². The zero-order valence-corrected chi connectivity index (χ0v) is 14.3. The van der Waals surface area contributed by atoms with Crippen molar-refractivity contribution in [1.82, 2.24) is 4.57 Å². The summed E-state index contributed by atoms with van der Waals surface area (Å²) >= 11 is 0. The lowest BCUT2D eigenvalue weighted by molar-refractivity contribution is 0.242. The molecule has 1 aromatic rings. The molecule has 1 saturated carbocycles. The minimum atomic E-state index is 0.231. The van der Waals surface area contributed by atoms with E-state index in [4.69, 9.17) is 5.73 Å². The van der Waals surface area contributed by atoms with Crippen LogP contribution in [0.2, 0.25) is 0 Å². The summed E-state index contributed by atoms with van der Waals surface area (Å²) in [4.78, 5) is 0. The fourth-order valence-corrected chi connectivity index (χ4v) is 4.74. The lowest BCUT2D eigenvalue weighted by Gasteiger charge is -2.35. The van der Waals surface area contributed by atoms with Crippen molar-refractivity contribution >= 4 is 0 Å². The van der Waals surface area contributed by atoms with Gasteiger partial charge in [-0.05, 0) is 61.5 Å². The molecule has 0 spiro atoms. The standard InChI is InChI=1S/C19H32N2/c1-13-6-5-7-15(8-13)12-21-14(2)9-16-17(20)10-19(3,4)11-18(16)21/h9,13,15,17H,5-8,10-12,20H2,1-4H3. The van der Waals surface area contributed by atoms with Crippen LogP contribution in [0.3, 0.4) is 0 Å². The van der Waals surface area contributed by atoms with Crippen molar-refractivity contribution in [2.45, 2.75) is 78.8 Å². The molecule has 0 amide bonds. The molecule has 1 heterocycles. The molecule has 21 heavy (non-hydrogen) atoms. The zero-order chi connectivity index (χ0) is 15.2. The molecule has 1 fully saturated rings. The average Bonchev–Trinajstić information content (AvgIpc) is 2.66. The van der Waals surface area contributed by atoms with Crippen LogP contribution in [-0.4, -0.2) is 4.57 Å². The predicted molar refractivity (Wildman–Crippen MR) is 89.3 cm³/mol. The second kappa shape index (κ2) is 5.46. The van der Waals surface area contributed by atoms with Gasteiger partial charge in [0.15, 0.2) is 0 Å². The van der Waals surface area contributed by atoms with Gasteiger partial charge in [0.25, 0.3) is 0 Å². The summed E-state index contributed by atoms with van der Waals surface area (Å²) in [6, 6.07) is 2.59. The normalized spacial score (nSPS) is 32.0. The molecular weight excluding hydrogens is 256 g/mol. The zero-order valence-electron chi connectivity index (χ0n) is 14.3. The van der Waals surface area contributed by atoms with E-state index in [2.05, 4.69) is 38.3 Å². The van der Waals surface area contributed by atoms with E-state index in [1.807, 2.05) is 0 Å². The first-order valence-corrected chi connectivity index (χ1v) is 8.80. The largest absolute Gasteiger partial charge is 0.348 e. The van der Waals surface area contributed by atoms with E-state index in [-0.39, 0.29) is 6.04 Å². The van der Waals surface area contributed by atoms with Gasteiger partial charge in [0.2, 0.25) is 0 Å². The van der Waals surface area contributed by atoms with Gasteiger partial charge >= 0.3 is 0 Å². The van der Waals surface area contributed by atoms with Crippen molar-refractivity contribution in [1.29, 1.82) is 0 Å². The van der Waals surface area contributed by atoms with Crippen molar-refractivity contribution in [2.75, 3.05) is 0 Å². The van der Waals surface area contributed by atoms with Crippen molar-refractivity contribution < 1.29 is 0 Å². The Kier molecular flexibility index (Phi) is 3.94. The van der Waals surface area contributed by atoms with Gasteiger partial charge in [0, 0.05) is 24.0 Å². The van der Waals surface area contributed by atoms with Gasteiger partial charge in [-0.3, -0.25) is 0 Å². The van der Waals surface area contributed by atoms with Crippen LogP contribution in [0, 0.1) is 24.2 Å². The van der Waals surface area contributed by atoms with Crippen molar-refractivity contribution in [2.24, 2.45) is 23.0 Å². The topological polar surface area (TPSA) is 30.9 Å². The molecule has 0 aromatic carbocycles. The minimum Gasteiger partial charge on any atom is -0.348 e. The highest BCUT2D eigenvalue weighted by Crippen LogP contribution is 2.41. The van der Waals surface area contributed by atoms with Gasteiger partial charge in [0.1, 0.15) is 0 Å². The Bertz CT molecular complexity index is 512. The average molecular weight is 288 g/mol. The first-order valence-electron chi connectivity index (χ1n) is 8.80. The number of hydrogen-bond donors (Lipinski definition) is 1. The van der Waals surface area contributed by atoms with E-state index in [0.717, 1.165) is 18.3 Å². The Morgan fingerprint density at radius 1 is 1.33 bits per heavy atom. The van der Waals surface area contributed by atoms with Gasteiger partial charge in [-0.25, -0.2) is 0 Å². The Morgan fingerprint density at radius 3 is 2.81 bits per heavy atom. The third-order valence-corrected chi connectivity index (χ3v) is 5.75. The summed E-state index contributed by atoms with van der Waals surface area (Å²) in [6.07, 6.45) is 7.96. The smallest absolute Gasteiger partial charge is 0.0318 e. The quantitative estimate of drug-likeness (QED) is 0.847. The molecule has 3 atom stereocenters. The minimum absolute atomic E-state index is 0.231. The van der Waals surface area contributed by atoms with E-state index in [1.54, 1.807) is 0 Å². The third-order valence-electron chi connectivity index (χ3n) is 5.75. The molecule has 2 nitrogen and oxygen atoms in total. The Morgan fingerprint density at radius 2 is 2.10 bits per heavy atom. The predicted octanol–water partition coefficient (Wildman–Crippen LogP) is 4.60. The molecule has 2 aliphatic carbocycles. The molecule has 0 bridgehead atoms. The molecule has 118 valence electrons. The van der Waals surface area contributed by atoms with E-state index >= 15 is 0 Å². The molecule has 2 N–H and O–H groups in total. The van der Waals surface area contributed by atoms with Crippen LogP contribution < -0.4 is 5.73 Å². The fourth-order valence-electron chi connectivity index (χ4n) is 4.74. The molecule has 0 radical (unpaired) electrons. The number of nitrogens with two attached hydrogens (primary N) is 1. The highest BCUT2D eigenvalue weighted by molar-refractivity contribution is 5.34. The van der Waals surface area contributed by atoms with Crippen LogP contribution in [0.4, 0.5) is 0 Å². The monoisotopic (exact) mass is 288 g/mol. The van der Waals surface area contributed by atoms with Gasteiger partial charge < -0.3 is 10.3 Å². The van der Waals surface area contributed by atoms with E-state index in [1.165, 1.54) is 55.6 Å². The molecule has 2 heteroatoms. The van der Waals surface area contributed by atoms with Crippen LogP contribution in [-0.2, 0) is 13.0 Å². The summed E-state index contributed by atoms with van der Waals surface area (Å²) < 4.78 is 2.61. The SMILES string of the molecule is Cc1cc2c(n1CC1CCCC(C)C1)CC(C)(C)CC2N. The number of aromatic nitrogens is 1. The molecule has 1 aromatic heterocycles. The third kappa shape index (κ3) is 3.06. The second-order valence-corrected chi connectivity index (χ2v) is 8.59. The van der Waals surface area contributed by atoms with Gasteiger partial charge in [-0.2, -0.15) is 0 Å². The maximum absolute atomic E-state index is 6.45. The van der Waals surface area contributed by atoms with Crippen LogP contribution in [0.5, 0.6) is 0 Å².